The SMILES string of the molecule is C[C@@H](Nc1ncnc2cc(OCCCN3CC(=O)OC(C)(C)C3)c(OC3CCCC3)cc12)c1ccccc1. The topological polar surface area (TPSA) is 85.8 Å². The number of hydrogen-bond acceptors (Lipinski definition) is 8. The number of nitrogens with one attached hydrogen (secondary N) is 1. The molecule has 202 valence electrons. The highest BCUT2D eigenvalue weighted by Gasteiger charge is 2.32. The first-order valence-electron chi connectivity index (χ1n) is 13.7. The molecule has 1 saturated carbocycles. The molecule has 8 heteroatoms. The van der Waals surface area contributed by atoms with Crippen LogP contribution in [0.2, 0.25) is 0 Å². The van der Waals surface area contributed by atoms with E-state index < -0.39 is 5.60 Å². The van der Waals surface area contributed by atoms with E-state index in [1.165, 1.54) is 18.4 Å². The summed E-state index contributed by atoms with van der Waals surface area (Å²) in [5, 5.41) is 4.46. The van der Waals surface area contributed by atoms with Crippen LogP contribution in [0.4, 0.5) is 5.82 Å². The molecule has 1 saturated heterocycles. The monoisotopic (exact) mass is 518 g/mol. The molecular formula is C30H38N4O4. The van der Waals surface area contributed by atoms with Gasteiger partial charge in [-0.2, -0.15) is 0 Å². The summed E-state index contributed by atoms with van der Waals surface area (Å²) in [5.41, 5.74) is 1.53. The van der Waals surface area contributed by atoms with Crippen molar-refractivity contribution in [1.29, 1.82) is 0 Å². The number of anilines is 1. The Morgan fingerprint density at radius 1 is 1.13 bits per heavy atom. The van der Waals surface area contributed by atoms with Gasteiger partial charge in [0.05, 0.1) is 24.8 Å². The Hall–Kier alpha value is -3.39. The lowest BCUT2D eigenvalue weighted by Crippen LogP contribution is -2.51. The smallest absolute Gasteiger partial charge is 0.320 e. The van der Waals surface area contributed by atoms with Crippen LogP contribution in [0.15, 0.2) is 48.8 Å². The van der Waals surface area contributed by atoms with Gasteiger partial charge in [0.2, 0.25) is 0 Å². The Morgan fingerprint density at radius 2 is 1.92 bits per heavy atom. The number of fused-ring (bicyclic) bond motifs is 1. The van der Waals surface area contributed by atoms with Crippen molar-refractivity contribution in [3.63, 3.8) is 0 Å². The van der Waals surface area contributed by atoms with Crippen LogP contribution in [0, 0.1) is 0 Å². The third-order valence-corrected chi connectivity index (χ3v) is 7.17. The van der Waals surface area contributed by atoms with E-state index in [4.69, 9.17) is 14.2 Å². The molecule has 2 heterocycles. The molecule has 3 aromatic rings. The predicted molar refractivity (Wildman–Crippen MR) is 148 cm³/mol. The summed E-state index contributed by atoms with van der Waals surface area (Å²) in [4.78, 5) is 23.1. The van der Waals surface area contributed by atoms with E-state index >= 15 is 0 Å². The van der Waals surface area contributed by atoms with Crippen molar-refractivity contribution >= 4 is 22.7 Å². The number of carbonyl (C=O) groups is 1. The van der Waals surface area contributed by atoms with Crippen LogP contribution in [-0.4, -0.2) is 58.8 Å². The predicted octanol–water partition coefficient (Wildman–Crippen LogP) is 5.53. The fourth-order valence-electron chi connectivity index (χ4n) is 5.38. The lowest BCUT2D eigenvalue weighted by Gasteiger charge is -2.37. The first-order valence-corrected chi connectivity index (χ1v) is 13.7. The fraction of sp³-hybridized carbons (Fsp3) is 0.500. The van der Waals surface area contributed by atoms with Gasteiger partial charge in [0.1, 0.15) is 17.7 Å². The summed E-state index contributed by atoms with van der Waals surface area (Å²) < 4.78 is 18.1. The molecule has 0 radical (unpaired) electrons. The minimum atomic E-state index is -0.458. The number of ether oxygens (including phenoxy) is 3. The highest BCUT2D eigenvalue weighted by Crippen LogP contribution is 2.37. The lowest BCUT2D eigenvalue weighted by molar-refractivity contribution is -0.169. The molecule has 2 aromatic carbocycles. The van der Waals surface area contributed by atoms with Crippen LogP contribution >= 0.6 is 0 Å². The normalized spacial score (nSPS) is 18.8. The molecule has 0 bridgehead atoms. The third-order valence-electron chi connectivity index (χ3n) is 7.17. The maximum absolute atomic E-state index is 11.9. The number of nitrogens with zero attached hydrogens (tertiary/aromatic N) is 3. The minimum absolute atomic E-state index is 0.0847. The molecule has 0 unspecified atom stereocenters. The van der Waals surface area contributed by atoms with Gasteiger partial charge in [0.15, 0.2) is 11.5 Å². The van der Waals surface area contributed by atoms with Gasteiger partial charge in [-0.25, -0.2) is 9.97 Å². The average Bonchev–Trinajstić information content (AvgIpc) is 3.39. The molecule has 1 aromatic heterocycles. The summed E-state index contributed by atoms with van der Waals surface area (Å²) in [6.45, 7) is 8.34. The van der Waals surface area contributed by atoms with E-state index in [9.17, 15) is 4.79 Å². The Morgan fingerprint density at radius 3 is 2.68 bits per heavy atom. The summed E-state index contributed by atoms with van der Waals surface area (Å²) in [5.74, 6) is 2.03. The summed E-state index contributed by atoms with van der Waals surface area (Å²) in [7, 11) is 0. The molecular weight excluding hydrogens is 480 g/mol. The van der Waals surface area contributed by atoms with Crippen molar-refractivity contribution < 1.29 is 19.0 Å². The van der Waals surface area contributed by atoms with Crippen LogP contribution in [0.3, 0.4) is 0 Å². The van der Waals surface area contributed by atoms with E-state index in [0.717, 1.165) is 54.8 Å². The number of hydrogen-bond donors (Lipinski definition) is 1. The van der Waals surface area contributed by atoms with Crippen LogP contribution in [0.5, 0.6) is 11.5 Å². The number of benzene rings is 2. The first-order chi connectivity index (χ1) is 18.4. The Bertz CT molecular complexity index is 1240. The van der Waals surface area contributed by atoms with E-state index in [1.807, 2.05) is 44.2 Å². The average molecular weight is 519 g/mol. The van der Waals surface area contributed by atoms with Crippen LogP contribution < -0.4 is 14.8 Å². The second-order valence-corrected chi connectivity index (χ2v) is 11.0. The molecule has 5 rings (SSSR count). The molecule has 1 aliphatic heterocycles. The maximum atomic E-state index is 11.9. The lowest BCUT2D eigenvalue weighted by atomic mass is 10.1. The van der Waals surface area contributed by atoms with Gasteiger partial charge < -0.3 is 19.5 Å². The van der Waals surface area contributed by atoms with Crippen molar-refractivity contribution in [2.45, 2.75) is 70.6 Å². The summed E-state index contributed by atoms with van der Waals surface area (Å²) >= 11 is 0. The maximum Gasteiger partial charge on any atom is 0.320 e. The second kappa shape index (κ2) is 11.6. The van der Waals surface area contributed by atoms with E-state index in [1.54, 1.807) is 6.33 Å². The zero-order valence-electron chi connectivity index (χ0n) is 22.6. The molecule has 38 heavy (non-hydrogen) atoms. The van der Waals surface area contributed by atoms with Crippen molar-refractivity contribution in [2.24, 2.45) is 0 Å². The number of aromatic nitrogens is 2. The Kier molecular flexibility index (Phi) is 7.98. The number of cyclic esters (lactones) is 1. The number of morpholine rings is 1. The van der Waals surface area contributed by atoms with Crippen LogP contribution in [0.25, 0.3) is 10.9 Å². The molecule has 2 fully saturated rings. The van der Waals surface area contributed by atoms with E-state index in [-0.39, 0.29) is 18.1 Å². The quantitative estimate of drug-likeness (QED) is 0.277. The van der Waals surface area contributed by atoms with Gasteiger partial charge >= 0.3 is 5.97 Å². The molecule has 8 nitrogen and oxygen atoms in total. The second-order valence-electron chi connectivity index (χ2n) is 11.0. The van der Waals surface area contributed by atoms with E-state index in [2.05, 4.69) is 39.2 Å². The van der Waals surface area contributed by atoms with E-state index in [0.29, 0.717) is 18.9 Å². The minimum Gasteiger partial charge on any atom is -0.490 e. The van der Waals surface area contributed by atoms with Gasteiger partial charge in [-0.1, -0.05) is 30.3 Å². The van der Waals surface area contributed by atoms with Gasteiger partial charge in [-0.3, -0.25) is 9.69 Å². The number of carbonyl (C=O) groups excluding carboxylic acids is 1. The highest BCUT2D eigenvalue weighted by atomic mass is 16.6. The van der Waals surface area contributed by atoms with Crippen molar-refractivity contribution in [1.82, 2.24) is 14.9 Å². The zero-order valence-corrected chi connectivity index (χ0v) is 22.6. The summed E-state index contributed by atoms with van der Waals surface area (Å²) in [6, 6.07) is 14.4. The van der Waals surface area contributed by atoms with Crippen LogP contribution in [-0.2, 0) is 9.53 Å². The number of esters is 1. The molecule has 1 aliphatic carbocycles. The largest absolute Gasteiger partial charge is 0.490 e. The molecule has 1 N–H and O–H groups in total. The molecule has 0 amide bonds. The zero-order chi connectivity index (χ0) is 26.5. The summed E-state index contributed by atoms with van der Waals surface area (Å²) in [6.07, 6.45) is 7.05. The highest BCUT2D eigenvalue weighted by molar-refractivity contribution is 5.91. The molecule has 2 aliphatic rings. The van der Waals surface area contributed by atoms with Gasteiger partial charge in [0.25, 0.3) is 0 Å². The van der Waals surface area contributed by atoms with Crippen molar-refractivity contribution in [3.8, 4) is 11.5 Å². The standard InChI is InChI=1S/C30H38N4O4/c1-21(22-10-5-4-6-11-22)33-29-24-16-27(37-23-12-7-8-13-23)26(17-25(24)31-20-32-29)36-15-9-14-34-18-28(35)38-30(2,3)19-34/h4-6,10-11,16-17,20-21,23H,7-9,12-15,18-19H2,1-3H3,(H,31,32,33)/t21-/m1/s1. The van der Waals surface area contributed by atoms with Crippen molar-refractivity contribution in [2.75, 3.05) is 31.6 Å². The van der Waals surface area contributed by atoms with Crippen molar-refractivity contribution in [3.05, 3.63) is 54.4 Å². The number of rotatable bonds is 10. The van der Waals surface area contributed by atoms with Gasteiger partial charge in [0, 0.05) is 30.6 Å². The molecule has 1 atom stereocenters. The Labute approximate surface area is 224 Å². The Balaban J connectivity index is 1.32. The van der Waals surface area contributed by atoms with Gasteiger partial charge in [-0.05, 0) is 64.5 Å². The first kappa shape index (κ1) is 26.2. The van der Waals surface area contributed by atoms with Crippen LogP contribution in [0.1, 0.15) is 64.5 Å². The third kappa shape index (κ3) is 6.54. The van der Waals surface area contributed by atoms with Gasteiger partial charge in [-0.15, -0.1) is 0 Å². The molecule has 0 spiro atoms. The fourth-order valence-corrected chi connectivity index (χ4v) is 5.38.